The van der Waals surface area contributed by atoms with Crippen LogP contribution in [0.5, 0.6) is 0 Å². The number of hydrogen-bond acceptors (Lipinski definition) is 8. The molecule has 0 aromatic heterocycles. The summed E-state index contributed by atoms with van der Waals surface area (Å²) in [4.78, 5) is 0. The Bertz CT molecular complexity index is 553. The van der Waals surface area contributed by atoms with Crippen LogP contribution in [0.3, 0.4) is 0 Å². The molecule has 0 spiro atoms. The zero-order valence-electron chi connectivity index (χ0n) is 30.6. The van der Waals surface area contributed by atoms with Crippen LogP contribution in [-0.2, 0) is 0 Å². The van der Waals surface area contributed by atoms with E-state index in [2.05, 4.69) is 24.5 Å². The molecule has 6 unspecified atom stereocenters. The fourth-order valence-electron chi connectivity index (χ4n) is 6.41. The van der Waals surface area contributed by atoms with E-state index in [4.69, 9.17) is 11.5 Å². The number of nitrogens with one attached hydrogen (secondary N) is 2. The van der Waals surface area contributed by atoms with E-state index in [1.54, 1.807) is 0 Å². The fraction of sp³-hybridized carbons (Fsp3) is 1.00. The number of aliphatic hydroxyl groups is 4. The third-order valence-corrected chi connectivity index (χ3v) is 9.65. The Morgan fingerprint density at radius 2 is 0.674 bits per heavy atom. The second-order valence-corrected chi connectivity index (χ2v) is 14.2. The van der Waals surface area contributed by atoms with Gasteiger partial charge in [-0.2, -0.15) is 0 Å². The van der Waals surface area contributed by atoms with E-state index in [9.17, 15) is 20.4 Å². The van der Waals surface area contributed by atoms with Crippen molar-refractivity contribution in [3.63, 3.8) is 0 Å². The van der Waals surface area contributed by atoms with E-state index in [0.29, 0.717) is 12.8 Å². The molecule has 0 amide bonds. The smallest absolute Gasteiger partial charge is 0.0935 e. The quantitative estimate of drug-likeness (QED) is 0.0354. The third kappa shape index (κ3) is 29.8. The molecule has 8 heteroatoms. The molecule has 8 nitrogen and oxygen atoms in total. The van der Waals surface area contributed by atoms with Gasteiger partial charge in [-0.25, -0.2) is 0 Å². The summed E-state index contributed by atoms with van der Waals surface area (Å²) >= 11 is 0. The highest BCUT2D eigenvalue weighted by molar-refractivity contribution is 4.80. The van der Waals surface area contributed by atoms with Crippen LogP contribution in [0.4, 0.5) is 0 Å². The lowest BCUT2D eigenvalue weighted by Crippen LogP contribution is -2.47. The van der Waals surface area contributed by atoms with Crippen molar-refractivity contribution < 1.29 is 20.4 Å². The normalized spacial score (nSPS) is 15.9. The standard InChI is InChI=1S/C38H82N4O4/c1-3-5-7-9-11-13-15-17-19-21-23-25-33(27-35(43)29-39)41-31-37(45)38(46)32-42-34(28-36(44)30-40)26-24-22-20-18-16-14-12-10-8-6-4-2/h33-38,41-46H,3-32,39-40H2,1-2H3. The topological polar surface area (TPSA) is 157 Å². The van der Waals surface area contributed by atoms with Crippen LogP contribution in [0.1, 0.15) is 181 Å². The van der Waals surface area contributed by atoms with Gasteiger partial charge in [-0.05, 0) is 25.7 Å². The molecule has 6 atom stereocenters. The van der Waals surface area contributed by atoms with E-state index in [-0.39, 0.29) is 38.3 Å². The molecule has 0 radical (unpaired) electrons. The molecule has 0 aliphatic rings. The first kappa shape index (κ1) is 45.7. The van der Waals surface area contributed by atoms with Crippen molar-refractivity contribution in [2.75, 3.05) is 26.2 Å². The van der Waals surface area contributed by atoms with E-state index in [0.717, 1.165) is 25.7 Å². The average molecular weight is 659 g/mol. The van der Waals surface area contributed by atoms with Gasteiger partial charge >= 0.3 is 0 Å². The lowest BCUT2D eigenvalue weighted by molar-refractivity contribution is 0.0152. The van der Waals surface area contributed by atoms with Gasteiger partial charge in [0.15, 0.2) is 0 Å². The monoisotopic (exact) mass is 659 g/mol. The summed E-state index contributed by atoms with van der Waals surface area (Å²) in [6.45, 7) is 5.49. The Morgan fingerprint density at radius 1 is 0.413 bits per heavy atom. The highest BCUT2D eigenvalue weighted by atomic mass is 16.3. The van der Waals surface area contributed by atoms with Crippen molar-refractivity contribution >= 4 is 0 Å². The minimum Gasteiger partial charge on any atom is -0.392 e. The van der Waals surface area contributed by atoms with E-state index < -0.39 is 24.4 Å². The Morgan fingerprint density at radius 3 is 0.935 bits per heavy atom. The van der Waals surface area contributed by atoms with E-state index in [1.807, 2.05) is 0 Å². The molecule has 0 saturated carbocycles. The summed E-state index contributed by atoms with van der Waals surface area (Å²) in [5.41, 5.74) is 11.4. The van der Waals surface area contributed by atoms with Gasteiger partial charge in [-0.1, -0.05) is 155 Å². The minimum absolute atomic E-state index is 0.0560. The fourth-order valence-corrected chi connectivity index (χ4v) is 6.41. The van der Waals surface area contributed by atoms with Gasteiger partial charge in [0.05, 0.1) is 24.4 Å². The molecule has 10 N–H and O–H groups in total. The molecule has 0 rings (SSSR count). The predicted molar refractivity (Wildman–Crippen MR) is 197 cm³/mol. The lowest BCUT2D eigenvalue weighted by atomic mass is 9.99. The Kier molecular flexibility index (Phi) is 34.3. The second kappa shape index (κ2) is 34.5. The van der Waals surface area contributed by atoms with Crippen LogP contribution in [0.25, 0.3) is 0 Å². The maximum Gasteiger partial charge on any atom is 0.0935 e. The molecule has 0 heterocycles. The van der Waals surface area contributed by atoms with Crippen molar-refractivity contribution in [2.24, 2.45) is 11.5 Å². The van der Waals surface area contributed by atoms with Crippen LogP contribution in [0, 0.1) is 0 Å². The molecular weight excluding hydrogens is 576 g/mol. The number of unbranched alkanes of at least 4 members (excludes halogenated alkanes) is 20. The zero-order valence-corrected chi connectivity index (χ0v) is 30.6. The van der Waals surface area contributed by atoms with Crippen LogP contribution >= 0.6 is 0 Å². The van der Waals surface area contributed by atoms with Crippen LogP contribution < -0.4 is 22.1 Å². The maximum atomic E-state index is 10.7. The summed E-state index contributed by atoms with van der Waals surface area (Å²) in [6.07, 6.45) is 28.4. The maximum absolute atomic E-state index is 10.7. The van der Waals surface area contributed by atoms with E-state index >= 15 is 0 Å². The zero-order chi connectivity index (χ0) is 34.1. The number of hydrogen-bond donors (Lipinski definition) is 8. The summed E-state index contributed by atoms with van der Waals surface area (Å²) in [7, 11) is 0. The molecule has 0 saturated heterocycles. The van der Waals surface area contributed by atoms with E-state index in [1.165, 1.54) is 128 Å². The summed E-state index contributed by atoms with van der Waals surface area (Å²) in [5.74, 6) is 0. The molecule has 0 bridgehead atoms. The summed E-state index contributed by atoms with van der Waals surface area (Å²) in [6, 6.07) is 0.112. The highest BCUT2D eigenvalue weighted by Gasteiger charge is 2.21. The SMILES string of the molecule is CCCCCCCCCCCCCC(CC(O)CN)NCC(O)C(O)CNC(CCCCCCCCCCCCC)CC(O)CN. The van der Waals surface area contributed by atoms with Gasteiger partial charge in [0, 0.05) is 38.3 Å². The van der Waals surface area contributed by atoms with Gasteiger partial charge in [-0.15, -0.1) is 0 Å². The number of rotatable bonds is 37. The van der Waals surface area contributed by atoms with Gasteiger partial charge in [0.1, 0.15) is 0 Å². The molecule has 0 aliphatic carbocycles. The lowest BCUT2D eigenvalue weighted by Gasteiger charge is -2.27. The Balaban J connectivity index is 4.35. The molecule has 0 aliphatic heterocycles. The predicted octanol–water partition coefficient (Wildman–Crippen LogP) is 6.45. The van der Waals surface area contributed by atoms with Gasteiger partial charge in [0.25, 0.3) is 0 Å². The van der Waals surface area contributed by atoms with Crippen LogP contribution in [0.15, 0.2) is 0 Å². The van der Waals surface area contributed by atoms with Gasteiger partial charge in [0.2, 0.25) is 0 Å². The molecule has 0 aromatic carbocycles. The average Bonchev–Trinajstić information content (AvgIpc) is 3.06. The van der Waals surface area contributed by atoms with Crippen molar-refractivity contribution in [3.8, 4) is 0 Å². The van der Waals surface area contributed by atoms with Gasteiger partial charge < -0.3 is 42.5 Å². The summed E-state index contributed by atoms with van der Waals surface area (Å²) in [5, 5.41) is 48.6. The molecule has 0 fully saturated rings. The first-order chi connectivity index (χ1) is 22.4. The van der Waals surface area contributed by atoms with Crippen molar-refractivity contribution in [1.82, 2.24) is 10.6 Å². The molecule has 278 valence electrons. The largest absolute Gasteiger partial charge is 0.392 e. The van der Waals surface area contributed by atoms with Crippen molar-refractivity contribution in [2.45, 2.75) is 217 Å². The molecule has 0 aromatic rings. The minimum atomic E-state index is -0.926. The highest BCUT2D eigenvalue weighted by Crippen LogP contribution is 2.16. The molecular formula is C38H82N4O4. The second-order valence-electron chi connectivity index (χ2n) is 14.2. The first-order valence-corrected chi connectivity index (χ1v) is 20.0. The van der Waals surface area contributed by atoms with Crippen molar-refractivity contribution in [3.05, 3.63) is 0 Å². The number of aliphatic hydroxyl groups excluding tert-OH is 4. The molecule has 46 heavy (non-hydrogen) atoms. The first-order valence-electron chi connectivity index (χ1n) is 20.0. The Labute approximate surface area is 285 Å². The van der Waals surface area contributed by atoms with Crippen LogP contribution in [0.2, 0.25) is 0 Å². The summed E-state index contributed by atoms with van der Waals surface area (Å²) < 4.78 is 0. The number of nitrogens with two attached hydrogens (primary N) is 2. The van der Waals surface area contributed by atoms with Gasteiger partial charge in [-0.3, -0.25) is 0 Å². The Hall–Kier alpha value is -0.320. The van der Waals surface area contributed by atoms with Crippen molar-refractivity contribution in [1.29, 1.82) is 0 Å². The van der Waals surface area contributed by atoms with Crippen LogP contribution in [-0.4, -0.2) is 83.1 Å². The third-order valence-electron chi connectivity index (χ3n) is 9.65.